The minimum atomic E-state index is -0.0834. The monoisotopic (exact) mass is 228 g/mol. The highest BCUT2D eigenvalue weighted by atomic mass is 16.1. The molecule has 0 bridgehead atoms. The SMILES string of the molecule is CC(C)c1cc(N)cc(=O)n1-c1ccccc1. The maximum atomic E-state index is 12.0. The molecule has 2 N–H and O–H groups in total. The predicted octanol–water partition coefficient (Wildman–Crippen LogP) is 2.54. The fraction of sp³-hybridized carbons (Fsp3) is 0.214. The lowest BCUT2D eigenvalue weighted by Crippen LogP contribution is -2.22. The van der Waals surface area contributed by atoms with Crippen LogP contribution in [0.25, 0.3) is 5.69 Å². The lowest BCUT2D eigenvalue weighted by atomic mass is 10.1. The van der Waals surface area contributed by atoms with Crippen LogP contribution < -0.4 is 11.3 Å². The number of anilines is 1. The normalized spacial score (nSPS) is 10.8. The number of para-hydroxylation sites is 1. The highest BCUT2D eigenvalue weighted by molar-refractivity contribution is 5.43. The van der Waals surface area contributed by atoms with Crippen LogP contribution >= 0.6 is 0 Å². The van der Waals surface area contributed by atoms with Gasteiger partial charge in [-0.2, -0.15) is 0 Å². The molecule has 17 heavy (non-hydrogen) atoms. The smallest absolute Gasteiger partial charge is 0.257 e. The van der Waals surface area contributed by atoms with Gasteiger partial charge in [0.05, 0.1) is 0 Å². The number of nitrogens with zero attached hydrogens (tertiary/aromatic N) is 1. The average Bonchev–Trinajstić information content (AvgIpc) is 2.29. The number of hydrogen-bond donors (Lipinski definition) is 1. The summed E-state index contributed by atoms with van der Waals surface area (Å²) < 4.78 is 1.71. The van der Waals surface area contributed by atoms with Crippen LogP contribution in [0.4, 0.5) is 5.69 Å². The Morgan fingerprint density at radius 3 is 2.35 bits per heavy atom. The van der Waals surface area contributed by atoms with Gasteiger partial charge in [-0.3, -0.25) is 9.36 Å². The summed E-state index contributed by atoms with van der Waals surface area (Å²) in [6.07, 6.45) is 0. The Balaban J connectivity index is 2.73. The Hall–Kier alpha value is -2.03. The Labute approximate surface area is 101 Å². The standard InChI is InChI=1S/C14H16N2O/c1-10(2)13-8-11(15)9-14(17)16(13)12-6-4-3-5-7-12/h3-10H,15H2,1-2H3. The quantitative estimate of drug-likeness (QED) is 0.858. The van der Waals surface area contributed by atoms with Crippen molar-refractivity contribution in [2.75, 3.05) is 5.73 Å². The molecule has 0 saturated heterocycles. The Kier molecular flexibility index (Phi) is 3.00. The van der Waals surface area contributed by atoms with Crippen LogP contribution in [0.2, 0.25) is 0 Å². The van der Waals surface area contributed by atoms with Crippen LogP contribution in [0.3, 0.4) is 0 Å². The summed E-state index contributed by atoms with van der Waals surface area (Å²) in [7, 11) is 0. The van der Waals surface area contributed by atoms with E-state index in [9.17, 15) is 4.79 Å². The van der Waals surface area contributed by atoms with Gasteiger partial charge in [0.25, 0.3) is 5.56 Å². The second kappa shape index (κ2) is 4.45. The van der Waals surface area contributed by atoms with Crippen molar-refractivity contribution in [2.24, 2.45) is 0 Å². The largest absolute Gasteiger partial charge is 0.399 e. The topological polar surface area (TPSA) is 48.0 Å². The molecule has 2 aromatic rings. The minimum absolute atomic E-state index is 0.0834. The molecule has 0 radical (unpaired) electrons. The third kappa shape index (κ3) is 2.23. The van der Waals surface area contributed by atoms with E-state index in [-0.39, 0.29) is 11.5 Å². The minimum Gasteiger partial charge on any atom is -0.399 e. The molecular weight excluding hydrogens is 212 g/mol. The first-order valence-corrected chi connectivity index (χ1v) is 5.67. The summed E-state index contributed by atoms with van der Waals surface area (Å²) in [5.74, 6) is 0.242. The molecule has 0 aliphatic heterocycles. The lowest BCUT2D eigenvalue weighted by molar-refractivity contribution is 0.760. The van der Waals surface area contributed by atoms with E-state index in [4.69, 9.17) is 5.73 Å². The number of benzene rings is 1. The molecule has 0 atom stereocenters. The fourth-order valence-electron chi connectivity index (χ4n) is 1.89. The van der Waals surface area contributed by atoms with Crippen LogP contribution in [0.5, 0.6) is 0 Å². The van der Waals surface area contributed by atoms with Gasteiger partial charge in [0, 0.05) is 23.1 Å². The van der Waals surface area contributed by atoms with Gasteiger partial charge in [-0.05, 0) is 24.1 Å². The van der Waals surface area contributed by atoms with Crippen LogP contribution in [-0.4, -0.2) is 4.57 Å². The number of hydrogen-bond acceptors (Lipinski definition) is 2. The van der Waals surface area contributed by atoms with Crippen molar-refractivity contribution < 1.29 is 0 Å². The molecule has 2 rings (SSSR count). The highest BCUT2D eigenvalue weighted by Crippen LogP contribution is 2.18. The first-order chi connectivity index (χ1) is 8.09. The van der Waals surface area contributed by atoms with Crippen LogP contribution in [0, 0.1) is 0 Å². The number of rotatable bonds is 2. The van der Waals surface area contributed by atoms with Crippen molar-refractivity contribution >= 4 is 5.69 Å². The van der Waals surface area contributed by atoms with Crippen molar-refractivity contribution in [3.8, 4) is 5.69 Å². The lowest BCUT2D eigenvalue weighted by Gasteiger charge is -2.16. The summed E-state index contributed by atoms with van der Waals surface area (Å²) in [5.41, 5.74) is 7.97. The van der Waals surface area contributed by atoms with Crippen molar-refractivity contribution in [1.82, 2.24) is 4.57 Å². The highest BCUT2D eigenvalue weighted by Gasteiger charge is 2.10. The third-order valence-electron chi connectivity index (χ3n) is 2.69. The van der Waals surface area contributed by atoms with Gasteiger partial charge in [0.2, 0.25) is 0 Å². The molecule has 3 heteroatoms. The second-order valence-electron chi connectivity index (χ2n) is 4.38. The Bertz CT molecular complexity index is 571. The summed E-state index contributed by atoms with van der Waals surface area (Å²) in [6.45, 7) is 4.10. The maximum Gasteiger partial charge on any atom is 0.257 e. The van der Waals surface area contributed by atoms with Crippen molar-refractivity contribution in [3.63, 3.8) is 0 Å². The summed E-state index contributed by atoms with van der Waals surface area (Å²) in [4.78, 5) is 12.0. The molecular formula is C14H16N2O. The molecule has 1 aromatic carbocycles. The third-order valence-corrected chi connectivity index (χ3v) is 2.69. The Morgan fingerprint density at radius 2 is 1.76 bits per heavy atom. The van der Waals surface area contributed by atoms with Gasteiger partial charge in [-0.25, -0.2) is 0 Å². The molecule has 1 aromatic heterocycles. The van der Waals surface area contributed by atoms with Gasteiger partial charge in [-0.15, -0.1) is 0 Å². The average molecular weight is 228 g/mol. The zero-order valence-corrected chi connectivity index (χ0v) is 10.1. The van der Waals surface area contributed by atoms with Crippen molar-refractivity contribution in [2.45, 2.75) is 19.8 Å². The molecule has 1 heterocycles. The van der Waals surface area contributed by atoms with Crippen molar-refractivity contribution in [1.29, 1.82) is 0 Å². The summed E-state index contributed by atoms with van der Waals surface area (Å²) >= 11 is 0. The van der Waals surface area contributed by atoms with Gasteiger partial charge in [0.15, 0.2) is 0 Å². The van der Waals surface area contributed by atoms with E-state index >= 15 is 0 Å². The van der Waals surface area contributed by atoms with Crippen LogP contribution in [-0.2, 0) is 0 Å². The molecule has 0 unspecified atom stereocenters. The van der Waals surface area contributed by atoms with Crippen molar-refractivity contribution in [3.05, 3.63) is 58.5 Å². The Morgan fingerprint density at radius 1 is 1.12 bits per heavy atom. The number of pyridine rings is 1. The molecule has 0 fully saturated rings. The number of nitrogens with two attached hydrogens (primary N) is 1. The molecule has 0 spiro atoms. The predicted molar refractivity (Wildman–Crippen MR) is 70.5 cm³/mol. The zero-order chi connectivity index (χ0) is 12.4. The van der Waals surface area contributed by atoms with E-state index in [0.29, 0.717) is 5.69 Å². The van der Waals surface area contributed by atoms with E-state index in [1.165, 1.54) is 6.07 Å². The fourth-order valence-corrected chi connectivity index (χ4v) is 1.89. The van der Waals surface area contributed by atoms with E-state index in [2.05, 4.69) is 0 Å². The molecule has 0 amide bonds. The zero-order valence-electron chi connectivity index (χ0n) is 10.1. The maximum absolute atomic E-state index is 12.0. The van der Waals surface area contributed by atoms with Crippen LogP contribution in [0.1, 0.15) is 25.5 Å². The van der Waals surface area contributed by atoms with Gasteiger partial charge < -0.3 is 5.73 Å². The van der Waals surface area contributed by atoms with E-state index < -0.39 is 0 Å². The number of aromatic nitrogens is 1. The summed E-state index contributed by atoms with van der Waals surface area (Å²) in [6, 6.07) is 12.9. The van der Waals surface area contributed by atoms with Gasteiger partial charge >= 0.3 is 0 Å². The first kappa shape index (κ1) is 11.5. The molecule has 3 nitrogen and oxygen atoms in total. The number of nitrogen functional groups attached to an aromatic ring is 1. The summed E-state index contributed by atoms with van der Waals surface area (Å²) in [5, 5.41) is 0. The second-order valence-corrected chi connectivity index (χ2v) is 4.38. The van der Waals surface area contributed by atoms with E-state index in [1.807, 2.05) is 50.2 Å². The van der Waals surface area contributed by atoms with E-state index in [0.717, 1.165) is 11.4 Å². The van der Waals surface area contributed by atoms with Gasteiger partial charge in [-0.1, -0.05) is 32.0 Å². The molecule has 88 valence electrons. The van der Waals surface area contributed by atoms with Crippen LogP contribution in [0.15, 0.2) is 47.3 Å². The molecule has 0 aliphatic carbocycles. The van der Waals surface area contributed by atoms with Gasteiger partial charge in [0.1, 0.15) is 0 Å². The first-order valence-electron chi connectivity index (χ1n) is 5.67. The molecule has 0 aliphatic rings. The van der Waals surface area contributed by atoms with E-state index in [1.54, 1.807) is 4.57 Å². The molecule has 0 saturated carbocycles.